The summed E-state index contributed by atoms with van der Waals surface area (Å²) in [5.74, 6) is -0.987. The second-order valence-corrected chi connectivity index (χ2v) is 3.88. The van der Waals surface area contributed by atoms with Crippen molar-refractivity contribution in [3.05, 3.63) is 39.7 Å². The van der Waals surface area contributed by atoms with E-state index in [9.17, 15) is 19.3 Å². The topological polar surface area (TPSA) is 81.5 Å². The van der Waals surface area contributed by atoms with E-state index >= 15 is 0 Å². The first-order chi connectivity index (χ1) is 8.58. The molecule has 0 bridgehead atoms. The number of carbonyl (C=O) groups excluding carboxylic acids is 1. The SMILES string of the molecule is O=C1NCCOC1Cc1ccc(F)cc1[N+](=O)[O-]. The Kier molecular flexibility index (Phi) is 3.52. The highest BCUT2D eigenvalue weighted by molar-refractivity contribution is 5.81. The highest BCUT2D eigenvalue weighted by Gasteiger charge is 2.26. The number of rotatable bonds is 3. The molecule has 1 N–H and O–H groups in total. The normalized spacial score (nSPS) is 19.4. The number of halogens is 1. The molecule has 96 valence electrons. The molecule has 1 atom stereocenters. The first-order valence-corrected chi connectivity index (χ1v) is 5.40. The lowest BCUT2D eigenvalue weighted by molar-refractivity contribution is -0.385. The van der Waals surface area contributed by atoms with Gasteiger partial charge in [0, 0.05) is 18.5 Å². The molecule has 0 aromatic heterocycles. The van der Waals surface area contributed by atoms with Crippen LogP contribution in [0.1, 0.15) is 5.56 Å². The summed E-state index contributed by atoms with van der Waals surface area (Å²) in [6, 6.07) is 3.28. The van der Waals surface area contributed by atoms with Gasteiger partial charge in [-0.15, -0.1) is 0 Å². The zero-order chi connectivity index (χ0) is 13.1. The van der Waals surface area contributed by atoms with Crippen molar-refractivity contribution in [2.24, 2.45) is 0 Å². The molecule has 1 aromatic carbocycles. The van der Waals surface area contributed by atoms with Crippen molar-refractivity contribution in [1.29, 1.82) is 0 Å². The summed E-state index contributed by atoms with van der Waals surface area (Å²) in [4.78, 5) is 21.6. The molecule has 1 saturated heterocycles. The van der Waals surface area contributed by atoms with Gasteiger partial charge in [-0.1, -0.05) is 0 Å². The summed E-state index contributed by atoms with van der Waals surface area (Å²) >= 11 is 0. The first kappa shape index (κ1) is 12.4. The second-order valence-electron chi connectivity index (χ2n) is 3.88. The van der Waals surface area contributed by atoms with E-state index in [-0.39, 0.29) is 23.6 Å². The fourth-order valence-corrected chi connectivity index (χ4v) is 1.80. The Balaban J connectivity index is 2.22. The molecule has 0 radical (unpaired) electrons. The number of nitrogens with one attached hydrogen (secondary N) is 1. The minimum Gasteiger partial charge on any atom is -0.366 e. The molecule has 18 heavy (non-hydrogen) atoms. The molecule has 1 fully saturated rings. The van der Waals surface area contributed by atoms with Crippen molar-refractivity contribution in [3.63, 3.8) is 0 Å². The zero-order valence-corrected chi connectivity index (χ0v) is 9.39. The fraction of sp³-hybridized carbons (Fsp3) is 0.364. The van der Waals surface area contributed by atoms with Crippen LogP contribution < -0.4 is 5.32 Å². The number of nitro groups is 1. The van der Waals surface area contributed by atoms with Crippen LogP contribution in [0.15, 0.2) is 18.2 Å². The predicted octanol–water partition coefficient (Wildman–Crippen LogP) is 0.791. The molecule has 0 saturated carbocycles. The molecule has 1 heterocycles. The van der Waals surface area contributed by atoms with Gasteiger partial charge < -0.3 is 10.1 Å². The van der Waals surface area contributed by atoms with E-state index < -0.39 is 16.8 Å². The molecule has 2 rings (SSSR count). The Hall–Kier alpha value is -2.02. The van der Waals surface area contributed by atoms with Gasteiger partial charge in [-0.2, -0.15) is 0 Å². The van der Waals surface area contributed by atoms with Crippen molar-refractivity contribution in [2.75, 3.05) is 13.2 Å². The highest BCUT2D eigenvalue weighted by Crippen LogP contribution is 2.22. The van der Waals surface area contributed by atoms with Crippen LogP contribution in [-0.4, -0.2) is 30.1 Å². The number of hydrogen-bond donors (Lipinski definition) is 1. The maximum Gasteiger partial charge on any atom is 0.275 e. The van der Waals surface area contributed by atoms with Gasteiger partial charge in [-0.3, -0.25) is 14.9 Å². The minimum atomic E-state index is -0.761. The number of hydrogen-bond acceptors (Lipinski definition) is 4. The molecule has 7 heteroatoms. The van der Waals surface area contributed by atoms with Crippen molar-refractivity contribution in [2.45, 2.75) is 12.5 Å². The Morgan fingerprint density at radius 2 is 2.33 bits per heavy atom. The highest BCUT2D eigenvalue weighted by atomic mass is 19.1. The van der Waals surface area contributed by atoms with E-state index in [1.807, 2.05) is 0 Å². The molecule has 0 aliphatic carbocycles. The molecule has 1 unspecified atom stereocenters. The molecular weight excluding hydrogens is 243 g/mol. The average molecular weight is 254 g/mol. The molecular formula is C11H11FN2O4. The van der Waals surface area contributed by atoms with Gasteiger partial charge in [0.25, 0.3) is 5.69 Å². The van der Waals surface area contributed by atoms with E-state index in [0.717, 1.165) is 12.1 Å². The predicted molar refractivity (Wildman–Crippen MR) is 59.5 cm³/mol. The van der Waals surface area contributed by atoms with Crippen LogP contribution in [0.2, 0.25) is 0 Å². The average Bonchev–Trinajstić information content (AvgIpc) is 2.34. The molecule has 1 aliphatic rings. The van der Waals surface area contributed by atoms with Crippen molar-refractivity contribution >= 4 is 11.6 Å². The number of nitrogens with zero attached hydrogens (tertiary/aromatic N) is 1. The van der Waals surface area contributed by atoms with E-state index in [2.05, 4.69) is 5.32 Å². The van der Waals surface area contributed by atoms with Crippen LogP contribution in [0.4, 0.5) is 10.1 Å². The smallest absolute Gasteiger partial charge is 0.275 e. The summed E-state index contributed by atoms with van der Waals surface area (Å²) in [5.41, 5.74) is -0.0552. The Labute approximate surface area is 102 Å². The van der Waals surface area contributed by atoms with Crippen molar-refractivity contribution in [3.8, 4) is 0 Å². The number of ether oxygens (including phenoxy) is 1. The number of amides is 1. The molecule has 1 aliphatic heterocycles. The van der Waals surface area contributed by atoms with Crippen LogP contribution in [0.25, 0.3) is 0 Å². The summed E-state index contributed by atoms with van der Waals surface area (Å²) in [6.07, 6.45) is -0.703. The van der Waals surface area contributed by atoms with E-state index in [4.69, 9.17) is 4.74 Å². The standard InChI is InChI=1S/C11H11FN2O4/c12-8-2-1-7(9(6-8)14(16)17)5-10-11(15)13-3-4-18-10/h1-2,6,10H,3-5H2,(H,13,15). The Morgan fingerprint density at radius 1 is 1.56 bits per heavy atom. The van der Waals surface area contributed by atoms with Gasteiger partial charge in [-0.05, 0) is 12.1 Å². The molecule has 1 aromatic rings. The van der Waals surface area contributed by atoms with E-state index in [1.54, 1.807) is 0 Å². The maximum absolute atomic E-state index is 12.9. The van der Waals surface area contributed by atoms with Crippen LogP contribution in [0.5, 0.6) is 0 Å². The molecule has 0 spiro atoms. The third kappa shape index (κ3) is 2.62. The first-order valence-electron chi connectivity index (χ1n) is 5.40. The summed E-state index contributed by atoms with van der Waals surface area (Å²) in [7, 11) is 0. The summed E-state index contributed by atoms with van der Waals surface area (Å²) in [5, 5.41) is 13.4. The lowest BCUT2D eigenvalue weighted by Gasteiger charge is -2.22. The third-order valence-corrected chi connectivity index (χ3v) is 2.66. The van der Waals surface area contributed by atoms with Crippen LogP contribution in [-0.2, 0) is 16.0 Å². The van der Waals surface area contributed by atoms with Gasteiger partial charge in [0.1, 0.15) is 11.9 Å². The van der Waals surface area contributed by atoms with Gasteiger partial charge in [-0.25, -0.2) is 4.39 Å². The maximum atomic E-state index is 12.9. The van der Waals surface area contributed by atoms with Crippen LogP contribution >= 0.6 is 0 Å². The van der Waals surface area contributed by atoms with Gasteiger partial charge in [0.15, 0.2) is 0 Å². The van der Waals surface area contributed by atoms with Crippen molar-refractivity contribution in [1.82, 2.24) is 5.32 Å². The lowest BCUT2D eigenvalue weighted by Crippen LogP contribution is -2.45. The lowest BCUT2D eigenvalue weighted by atomic mass is 10.0. The quantitative estimate of drug-likeness (QED) is 0.638. The number of morpholine rings is 1. The minimum absolute atomic E-state index is 0.0580. The fourth-order valence-electron chi connectivity index (χ4n) is 1.80. The number of benzene rings is 1. The molecule has 6 nitrogen and oxygen atoms in total. The third-order valence-electron chi connectivity index (χ3n) is 2.66. The largest absolute Gasteiger partial charge is 0.366 e. The van der Waals surface area contributed by atoms with Gasteiger partial charge in [0.05, 0.1) is 17.6 Å². The van der Waals surface area contributed by atoms with E-state index in [1.165, 1.54) is 6.07 Å². The van der Waals surface area contributed by atoms with E-state index in [0.29, 0.717) is 13.2 Å². The summed E-state index contributed by atoms with van der Waals surface area (Å²) < 4.78 is 18.2. The zero-order valence-electron chi connectivity index (χ0n) is 9.39. The monoisotopic (exact) mass is 254 g/mol. The second kappa shape index (κ2) is 5.09. The van der Waals surface area contributed by atoms with Crippen LogP contribution in [0, 0.1) is 15.9 Å². The number of carbonyl (C=O) groups is 1. The van der Waals surface area contributed by atoms with Gasteiger partial charge >= 0.3 is 0 Å². The summed E-state index contributed by atoms with van der Waals surface area (Å²) in [6.45, 7) is 0.798. The van der Waals surface area contributed by atoms with Crippen LogP contribution in [0.3, 0.4) is 0 Å². The van der Waals surface area contributed by atoms with Gasteiger partial charge in [0.2, 0.25) is 5.91 Å². The Morgan fingerprint density at radius 3 is 3.00 bits per heavy atom. The van der Waals surface area contributed by atoms with Crippen molar-refractivity contribution < 1.29 is 18.8 Å². The Bertz CT molecular complexity index is 492. The molecule has 1 amide bonds. The number of nitro benzene ring substituents is 1.